The Balaban J connectivity index is 2.71. The van der Waals surface area contributed by atoms with E-state index in [2.05, 4.69) is 17.1 Å². The summed E-state index contributed by atoms with van der Waals surface area (Å²) in [6.45, 7) is 10.2. The number of carbonyl (C=O) groups is 1. The molecule has 1 aliphatic heterocycles. The van der Waals surface area contributed by atoms with Crippen LogP contribution in [0.3, 0.4) is 0 Å². The molecule has 1 N–H and O–H groups in total. The number of hydrogen-bond acceptors (Lipinski definition) is 4. The molecule has 0 bridgehead atoms. The highest BCUT2D eigenvalue weighted by Crippen LogP contribution is 2.22. The van der Waals surface area contributed by atoms with Crippen LogP contribution in [0.5, 0.6) is 0 Å². The van der Waals surface area contributed by atoms with Crippen molar-refractivity contribution in [3.8, 4) is 0 Å². The van der Waals surface area contributed by atoms with Crippen molar-refractivity contribution >= 4 is 5.97 Å². The topological polar surface area (TPSA) is 41.6 Å². The second kappa shape index (κ2) is 6.21. The van der Waals surface area contributed by atoms with Crippen LogP contribution in [0.25, 0.3) is 0 Å². The van der Waals surface area contributed by atoms with Gasteiger partial charge in [0.1, 0.15) is 5.54 Å². The number of nitrogens with zero attached hydrogens (tertiary/aromatic N) is 1. The first kappa shape index (κ1) is 13.5. The van der Waals surface area contributed by atoms with E-state index in [9.17, 15) is 4.79 Å². The zero-order valence-corrected chi connectivity index (χ0v) is 10.7. The SMILES string of the molecule is CCOC(=O)C(C)(CC)N1CCCNCC1. The van der Waals surface area contributed by atoms with Crippen LogP contribution in [0.1, 0.15) is 33.6 Å². The minimum atomic E-state index is -0.456. The molecule has 1 aliphatic rings. The van der Waals surface area contributed by atoms with Gasteiger partial charge >= 0.3 is 5.97 Å². The van der Waals surface area contributed by atoms with Gasteiger partial charge in [0.05, 0.1) is 6.61 Å². The molecule has 1 atom stereocenters. The van der Waals surface area contributed by atoms with Crippen molar-refractivity contribution in [2.24, 2.45) is 0 Å². The molecular weight excluding hydrogens is 204 g/mol. The molecule has 94 valence electrons. The summed E-state index contributed by atoms with van der Waals surface area (Å²) < 4.78 is 5.19. The lowest BCUT2D eigenvalue weighted by Gasteiger charge is -2.37. The number of hydrogen-bond donors (Lipinski definition) is 1. The van der Waals surface area contributed by atoms with Gasteiger partial charge in [-0.15, -0.1) is 0 Å². The Morgan fingerprint density at radius 2 is 2.12 bits per heavy atom. The fraction of sp³-hybridized carbons (Fsp3) is 0.917. The second-order valence-corrected chi connectivity index (χ2v) is 4.44. The van der Waals surface area contributed by atoms with E-state index >= 15 is 0 Å². The second-order valence-electron chi connectivity index (χ2n) is 4.44. The Bertz CT molecular complexity index is 225. The molecule has 16 heavy (non-hydrogen) atoms. The Labute approximate surface area is 98.3 Å². The maximum Gasteiger partial charge on any atom is 0.326 e. The van der Waals surface area contributed by atoms with Gasteiger partial charge < -0.3 is 10.1 Å². The van der Waals surface area contributed by atoms with Crippen molar-refractivity contribution in [2.75, 3.05) is 32.8 Å². The molecule has 0 spiro atoms. The first-order chi connectivity index (χ1) is 7.65. The van der Waals surface area contributed by atoms with Crippen LogP contribution in [0, 0.1) is 0 Å². The fourth-order valence-corrected chi connectivity index (χ4v) is 2.12. The lowest BCUT2D eigenvalue weighted by Crippen LogP contribution is -2.54. The highest BCUT2D eigenvalue weighted by molar-refractivity contribution is 5.80. The van der Waals surface area contributed by atoms with Gasteiger partial charge in [0, 0.05) is 19.6 Å². The summed E-state index contributed by atoms with van der Waals surface area (Å²) in [7, 11) is 0. The zero-order chi connectivity index (χ0) is 12.0. The molecule has 0 amide bonds. The molecule has 0 saturated carbocycles. The summed E-state index contributed by atoms with van der Waals surface area (Å²) in [4.78, 5) is 14.3. The predicted molar refractivity (Wildman–Crippen MR) is 64.4 cm³/mol. The van der Waals surface area contributed by atoms with Crippen molar-refractivity contribution in [2.45, 2.75) is 39.2 Å². The lowest BCUT2D eigenvalue weighted by molar-refractivity contribution is -0.157. The Hall–Kier alpha value is -0.610. The molecule has 0 radical (unpaired) electrons. The van der Waals surface area contributed by atoms with Gasteiger partial charge in [0.25, 0.3) is 0 Å². The summed E-state index contributed by atoms with van der Waals surface area (Å²) in [5.41, 5.74) is -0.456. The average molecular weight is 228 g/mol. The van der Waals surface area contributed by atoms with E-state index < -0.39 is 5.54 Å². The van der Waals surface area contributed by atoms with Gasteiger partial charge in [-0.05, 0) is 33.2 Å². The zero-order valence-electron chi connectivity index (χ0n) is 10.7. The van der Waals surface area contributed by atoms with Crippen LogP contribution in [0.4, 0.5) is 0 Å². The normalized spacial score (nSPS) is 22.2. The van der Waals surface area contributed by atoms with Gasteiger partial charge in [0.15, 0.2) is 0 Å². The number of esters is 1. The van der Waals surface area contributed by atoms with Gasteiger partial charge in [-0.25, -0.2) is 0 Å². The molecular formula is C12H24N2O2. The molecule has 1 fully saturated rings. The van der Waals surface area contributed by atoms with Crippen molar-refractivity contribution in [1.29, 1.82) is 0 Å². The molecule has 1 rings (SSSR count). The highest BCUT2D eigenvalue weighted by atomic mass is 16.5. The molecule has 0 aromatic carbocycles. The molecule has 0 aliphatic carbocycles. The Kier molecular flexibility index (Phi) is 5.22. The first-order valence-corrected chi connectivity index (χ1v) is 6.28. The van der Waals surface area contributed by atoms with Crippen LogP contribution in [-0.2, 0) is 9.53 Å². The van der Waals surface area contributed by atoms with E-state index in [0.717, 1.165) is 39.0 Å². The van der Waals surface area contributed by atoms with Gasteiger partial charge in [-0.3, -0.25) is 9.69 Å². The van der Waals surface area contributed by atoms with Crippen LogP contribution in [0.2, 0.25) is 0 Å². The molecule has 0 aromatic rings. The average Bonchev–Trinajstić information content (AvgIpc) is 2.57. The summed E-state index contributed by atoms with van der Waals surface area (Å²) in [6, 6.07) is 0. The number of carbonyl (C=O) groups excluding carboxylic acids is 1. The maximum absolute atomic E-state index is 12.0. The lowest BCUT2D eigenvalue weighted by atomic mass is 9.96. The molecule has 4 heteroatoms. The third-order valence-electron chi connectivity index (χ3n) is 3.44. The van der Waals surface area contributed by atoms with Gasteiger partial charge in [-0.2, -0.15) is 0 Å². The highest BCUT2D eigenvalue weighted by Gasteiger charge is 2.38. The number of rotatable bonds is 4. The molecule has 1 unspecified atom stereocenters. The predicted octanol–water partition coefficient (Wildman–Crippen LogP) is 1.01. The fourth-order valence-electron chi connectivity index (χ4n) is 2.12. The number of ether oxygens (including phenoxy) is 1. The van der Waals surface area contributed by atoms with Crippen molar-refractivity contribution in [3.63, 3.8) is 0 Å². The minimum absolute atomic E-state index is 0.0839. The quantitative estimate of drug-likeness (QED) is 0.729. The first-order valence-electron chi connectivity index (χ1n) is 6.28. The summed E-state index contributed by atoms with van der Waals surface area (Å²) in [6.07, 6.45) is 1.89. The van der Waals surface area contributed by atoms with Gasteiger partial charge in [0.2, 0.25) is 0 Å². The van der Waals surface area contributed by atoms with Crippen LogP contribution in [0.15, 0.2) is 0 Å². The molecule has 1 saturated heterocycles. The largest absolute Gasteiger partial charge is 0.465 e. The van der Waals surface area contributed by atoms with Crippen molar-refractivity contribution in [1.82, 2.24) is 10.2 Å². The van der Waals surface area contributed by atoms with Crippen LogP contribution < -0.4 is 5.32 Å². The van der Waals surface area contributed by atoms with E-state index in [4.69, 9.17) is 4.74 Å². The molecule has 4 nitrogen and oxygen atoms in total. The third-order valence-corrected chi connectivity index (χ3v) is 3.44. The van der Waals surface area contributed by atoms with Crippen molar-refractivity contribution < 1.29 is 9.53 Å². The van der Waals surface area contributed by atoms with E-state index in [-0.39, 0.29) is 5.97 Å². The van der Waals surface area contributed by atoms with Crippen molar-refractivity contribution in [3.05, 3.63) is 0 Å². The smallest absolute Gasteiger partial charge is 0.326 e. The summed E-state index contributed by atoms with van der Waals surface area (Å²) >= 11 is 0. The summed E-state index contributed by atoms with van der Waals surface area (Å²) in [5, 5.41) is 3.35. The third kappa shape index (κ3) is 2.95. The minimum Gasteiger partial charge on any atom is -0.465 e. The maximum atomic E-state index is 12.0. The number of nitrogens with one attached hydrogen (secondary N) is 1. The Morgan fingerprint density at radius 1 is 1.38 bits per heavy atom. The van der Waals surface area contributed by atoms with E-state index in [1.54, 1.807) is 0 Å². The van der Waals surface area contributed by atoms with E-state index in [1.165, 1.54) is 0 Å². The monoisotopic (exact) mass is 228 g/mol. The molecule has 1 heterocycles. The van der Waals surface area contributed by atoms with Crippen LogP contribution >= 0.6 is 0 Å². The van der Waals surface area contributed by atoms with Crippen LogP contribution in [-0.4, -0.2) is 49.2 Å². The Morgan fingerprint density at radius 3 is 2.75 bits per heavy atom. The van der Waals surface area contributed by atoms with E-state index in [1.807, 2.05) is 13.8 Å². The van der Waals surface area contributed by atoms with Gasteiger partial charge in [-0.1, -0.05) is 6.92 Å². The van der Waals surface area contributed by atoms with E-state index in [0.29, 0.717) is 6.61 Å². The molecule has 0 aromatic heterocycles. The standard InChI is InChI=1S/C12H24N2O2/c1-4-12(3,11(15)16-5-2)14-9-6-7-13-8-10-14/h13H,4-10H2,1-3H3. The summed E-state index contributed by atoms with van der Waals surface area (Å²) in [5.74, 6) is -0.0839.